The van der Waals surface area contributed by atoms with Crippen LogP contribution in [0.4, 0.5) is 0 Å². The van der Waals surface area contributed by atoms with E-state index in [2.05, 4.69) is 32.6 Å². The van der Waals surface area contributed by atoms with Crippen LogP contribution >= 0.6 is 0 Å². The average Bonchev–Trinajstić information content (AvgIpc) is 3.58. The highest BCUT2D eigenvalue weighted by atomic mass is 15.3. The summed E-state index contributed by atoms with van der Waals surface area (Å²) in [6, 6.07) is 13.8. The van der Waals surface area contributed by atoms with Crippen LogP contribution in [0.2, 0.25) is 0 Å². The van der Waals surface area contributed by atoms with Crippen LogP contribution in [0.1, 0.15) is 41.1 Å². The summed E-state index contributed by atoms with van der Waals surface area (Å²) in [5.41, 5.74) is 7.69. The molecule has 35 heavy (non-hydrogen) atoms. The summed E-state index contributed by atoms with van der Waals surface area (Å²) < 4.78 is 3.99. The molecular formula is C27H24N8. The van der Waals surface area contributed by atoms with E-state index in [9.17, 15) is 0 Å². The maximum Gasteiger partial charge on any atom is 0.157 e. The zero-order chi connectivity index (χ0) is 23.9. The summed E-state index contributed by atoms with van der Waals surface area (Å²) >= 11 is 0. The van der Waals surface area contributed by atoms with E-state index in [1.807, 2.05) is 54.2 Å². The normalized spacial score (nSPS) is 13.3. The second kappa shape index (κ2) is 8.44. The van der Waals surface area contributed by atoms with Gasteiger partial charge in [0.1, 0.15) is 6.33 Å². The Morgan fingerprint density at radius 1 is 1.06 bits per heavy atom. The number of nitriles is 1. The SMILES string of the molecule is Cc1c(-c2ccc(C#N)cc2)nn(CC2CC2)c1Cc1cc(-n2nc(C)c3ccncc32)ncn1. The minimum absolute atomic E-state index is 0.647. The quantitative estimate of drug-likeness (QED) is 0.368. The smallest absolute Gasteiger partial charge is 0.157 e. The first-order valence-electron chi connectivity index (χ1n) is 11.8. The van der Waals surface area contributed by atoms with E-state index in [-0.39, 0.29) is 0 Å². The summed E-state index contributed by atoms with van der Waals surface area (Å²) in [7, 11) is 0. The fourth-order valence-electron chi connectivity index (χ4n) is 4.55. The predicted octanol–water partition coefficient (Wildman–Crippen LogP) is 4.56. The van der Waals surface area contributed by atoms with Gasteiger partial charge in [0.25, 0.3) is 0 Å². The highest BCUT2D eigenvalue weighted by Crippen LogP contribution is 2.33. The molecule has 1 aromatic carbocycles. The lowest BCUT2D eigenvalue weighted by Crippen LogP contribution is -2.09. The monoisotopic (exact) mass is 460 g/mol. The van der Waals surface area contributed by atoms with Gasteiger partial charge in [0.05, 0.1) is 40.4 Å². The fourth-order valence-corrected chi connectivity index (χ4v) is 4.55. The number of aromatic nitrogens is 7. The van der Waals surface area contributed by atoms with Crippen molar-refractivity contribution in [2.45, 2.75) is 39.7 Å². The molecule has 1 saturated carbocycles. The van der Waals surface area contributed by atoms with Gasteiger partial charge in [-0.25, -0.2) is 14.6 Å². The van der Waals surface area contributed by atoms with Crippen LogP contribution in [0.3, 0.4) is 0 Å². The zero-order valence-electron chi connectivity index (χ0n) is 19.7. The summed E-state index contributed by atoms with van der Waals surface area (Å²) in [6.45, 7) is 5.03. The van der Waals surface area contributed by atoms with Gasteiger partial charge in [0.15, 0.2) is 5.82 Å². The summed E-state index contributed by atoms with van der Waals surface area (Å²) in [4.78, 5) is 13.4. The Hall–Kier alpha value is -4.38. The average molecular weight is 461 g/mol. The number of hydrogen-bond donors (Lipinski definition) is 0. The molecule has 1 fully saturated rings. The van der Waals surface area contributed by atoms with E-state index in [0.717, 1.165) is 57.2 Å². The van der Waals surface area contributed by atoms with Crippen molar-refractivity contribution in [1.29, 1.82) is 5.26 Å². The Labute approximate surface area is 202 Å². The lowest BCUT2D eigenvalue weighted by molar-refractivity contribution is 0.544. The molecule has 0 amide bonds. The lowest BCUT2D eigenvalue weighted by Gasteiger charge is -2.09. The molecule has 0 bridgehead atoms. The van der Waals surface area contributed by atoms with Crippen molar-refractivity contribution < 1.29 is 0 Å². The van der Waals surface area contributed by atoms with Gasteiger partial charge >= 0.3 is 0 Å². The van der Waals surface area contributed by atoms with Gasteiger partial charge < -0.3 is 0 Å². The van der Waals surface area contributed by atoms with Crippen molar-refractivity contribution in [3.63, 3.8) is 0 Å². The molecule has 8 nitrogen and oxygen atoms in total. The van der Waals surface area contributed by atoms with E-state index in [4.69, 9.17) is 15.5 Å². The van der Waals surface area contributed by atoms with Crippen molar-refractivity contribution in [3.05, 3.63) is 83.3 Å². The van der Waals surface area contributed by atoms with Crippen LogP contribution in [0.15, 0.2) is 55.1 Å². The molecule has 1 aliphatic rings. The highest BCUT2D eigenvalue weighted by molar-refractivity contribution is 5.82. The molecule has 5 aromatic rings. The molecule has 0 N–H and O–H groups in total. The summed E-state index contributed by atoms with van der Waals surface area (Å²) in [5.74, 6) is 1.41. The second-order valence-electron chi connectivity index (χ2n) is 9.17. The van der Waals surface area contributed by atoms with Crippen LogP contribution in [0.25, 0.3) is 28.0 Å². The number of fused-ring (bicyclic) bond motifs is 1. The first kappa shape index (κ1) is 21.2. The Bertz CT molecular complexity index is 1580. The van der Waals surface area contributed by atoms with Gasteiger partial charge in [0.2, 0.25) is 0 Å². The van der Waals surface area contributed by atoms with Crippen LogP contribution < -0.4 is 0 Å². The fraction of sp³-hybridized carbons (Fsp3) is 0.259. The zero-order valence-corrected chi connectivity index (χ0v) is 19.7. The van der Waals surface area contributed by atoms with E-state index >= 15 is 0 Å². The Morgan fingerprint density at radius 2 is 1.89 bits per heavy atom. The second-order valence-corrected chi connectivity index (χ2v) is 9.17. The van der Waals surface area contributed by atoms with E-state index in [1.54, 1.807) is 12.5 Å². The van der Waals surface area contributed by atoms with Gasteiger partial charge in [0, 0.05) is 41.9 Å². The van der Waals surface area contributed by atoms with Gasteiger partial charge in [-0.3, -0.25) is 9.67 Å². The minimum Gasteiger partial charge on any atom is -0.268 e. The van der Waals surface area contributed by atoms with Crippen LogP contribution in [-0.2, 0) is 13.0 Å². The number of nitrogens with zero attached hydrogens (tertiary/aromatic N) is 8. The predicted molar refractivity (Wildman–Crippen MR) is 132 cm³/mol. The molecule has 1 aliphatic carbocycles. The van der Waals surface area contributed by atoms with Crippen LogP contribution in [0, 0.1) is 31.1 Å². The van der Waals surface area contributed by atoms with Crippen LogP contribution in [-0.4, -0.2) is 34.5 Å². The minimum atomic E-state index is 0.647. The Balaban J connectivity index is 1.38. The Kier molecular flexibility index (Phi) is 5.10. The maximum atomic E-state index is 9.15. The molecule has 8 heteroatoms. The molecule has 0 saturated heterocycles. The Morgan fingerprint density at radius 3 is 2.66 bits per heavy atom. The van der Waals surface area contributed by atoms with Gasteiger partial charge in [-0.05, 0) is 56.4 Å². The topological polar surface area (TPSA) is 98.1 Å². The van der Waals surface area contributed by atoms with Crippen molar-refractivity contribution in [2.24, 2.45) is 5.92 Å². The van der Waals surface area contributed by atoms with Gasteiger partial charge in [-0.1, -0.05) is 12.1 Å². The third-order valence-corrected chi connectivity index (χ3v) is 6.68. The molecule has 0 radical (unpaired) electrons. The third kappa shape index (κ3) is 3.95. The number of rotatable bonds is 6. The van der Waals surface area contributed by atoms with Crippen LogP contribution in [0.5, 0.6) is 0 Å². The van der Waals surface area contributed by atoms with Crippen molar-refractivity contribution in [3.8, 4) is 23.1 Å². The molecule has 0 atom stereocenters. The van der Waals surface area contributed by atoms with Gasteiger partial charge in [-0.15, -0.1) is 0 Å². The number of aryl methyl sites for hydroxylation is 1. The molecule has 172 valence electrons. The molecule has 0 aliphatic heterocycles. The molecule has 4 heterocycles. The maximum absolute atomic E-state index is 9.15. The molecule has 0 unspecified atom stereocenters. The van der Waals surface area contributed by atoms with Gasteiger partial charge in [-0.2, -0.15) is 15.5 Å². The van der Waals surface area contributed by atoms with E-state index in [1.165, 1.54) is 12.8 Å². The van der Waals surface area contributed by atoms with Crippen molar-refractivity contribution >= 4 is 10.9 Å². The van der Waals surface area contributed by atoms with E-state index < -0.39 is 0 Å². The third-order valence-electron chi connectivity index (χ3n) is 6.68. The first-order chi connectivity index (χ1) is 17.1. The lowest BCUT2D eigenvalue weighted by atomic mass is 10.0. The first-order valence-corrected chi connectivity index (χ1v) is 11.8. The number of pyridine rings is 1. The highest BCUT2D eigenvalue weighted by Gasteiger charge is 2.25. The van der Waals surface area contributed by atoms with Crippen molar-refractivity contribution in [2.75, 3.05) is 0 Å². The standard InChI is InChI=1S/C27H24N8/c1-17-24(34(15-20-3-4-20)33-27(17)21-7-5-19(13-28)6-8-21)11-22-12-26(31-16-30-22)35-25-14-29-10-9-23(25)18(2)32-35/h5-10,12,14,16,20H,3-4,11,15H2,1-2H3. The number of benzene rings is 1. The summed E-state index contributed by atoms with van der Waals surface area (Å²) in [5, 5.41) is 19.9. The largest absolute Gasteiger partial charge is 0.268 e. The van der Waals surface area contributed by atoms with E-state index in [0.29, 0.717) is 17.9 Å². The summed E-state index contributed by atoms with van der Waals surface area (Å²) in [6.07, 6.45) is 8.35. The molecule has 0 spiro atoms. The molecule has 4 aromatic heterocycles. The molecular weight excluding hydrogens is 436 g/mol. The number of hydrogen-bond acceptors (Lipinski definition) is 6. The van der Waals surface area contributed by atoms with Crippen molar-refractivity contribution in [1.82, 2.24) is 34.5 Å². The molecule has 6 rings (SSSR count).